The second-order valence-corrected chi connectivity index (χ2v) is 14.3. The highest BCUT2D eigenvalue weighted by molar-refractivity contribution is 5.85. The molecular formula is C32H40N2O2. The first-order chi connectivity index (χ1) is 17.3. The number of nitrogen functional groups attached to an aromatic ring is 2. The van der Waals surface area contributed by atoms with Crippen LogP contribution in [-0.4, -0.2) is 10.2 Å². The van der Waals surface area contributed by atoms with Gasteiger partial charge in [-0.2, -0.15) is 0 Å². The Labute approximate surface area is 214 Å². The molecular weight excluding hydrogens is 444 g/mol. The van der Waals surface area contributed by atoms with Crippen LogP contribution in [0.15, 0.2) is 24.3 Å². The van der Waals surface area contributed by atoms with E-state index in [1.54, 1.807) is 0 Å². The van der Waals surface area contributed by atoms with E-state index in [9.17, 15) is 10.2 Å². The van der Waals surface area contributed by atoms with Crippen LogP contribution in [0.1, 0.15) is 88.2 Å². The first-order valence-electron chi connectivity index (χ1n) is 14.6. The molecule has 0 aromatic heterocycles. The Bertz CT molecular complexity index is 1100. The first-order valence-corrected chi connectivity index (χ1v) is 14.6. The molecule has 0 radical (unpaired) electrons. The SMILES string of the molecule is Nc1cc(C23CC4CC(CC(C4)C2)C3)cc(-c2cc(C34CC5CC(CC(C5)C3)C4)cc(N)c2O)c1O. The minimum absolute atomic E-state index is 0.0841. The molecule has 0 amide bonds. The molecule has 8 saturated carbocycles. The molecule has 0 spiro atoms. The van der Waals surface area contributed by atoms with Crippen LogP contribution in [0.4, 0.5) is 11.4 Å². The Balaban J connectivity index is 1.25. The third kappa shape index (κ3) is 2.99. The van der Waals surface area contributed by atoms with Gasteiger partial charge >= 0.3 is 0 Å². The molecule has 0 saturated heterocycles. The third-order valence-corrected chi connectivity index (χ3v) is 11.9. The van der Waals surface area contributed by atoms with Gasteiger partial charge in [0.15, 0.2) is 0 Å². The van der Waals surface area contributed by atoms with E-state index in [1.165, 1.54) is 88.2 Å². The van der Waals surface area contributed by atoms with E-state index in [4.69, 9.17) is 11.5 Å². The largest absolute Gasteiger partial charge is 0.505 e. The topological polar surface area (TPSA) is 92.5 Å². The van der Waals surface area contributed by atoms with Crippen LogP contribution in [-0.2, 0) is 10.8 Å². The van der Waals surface area contributed by atoms with E-state index in [1.807, 2.05) is 12.1 Å². The average molecular weight is 485 g/mol. The Hall–Kier alpha value is -2.36. The predicted molar refractivity (Wildman–Crippen MR) is 144 cm³/mol. The standard InChI is InChI=1S/C32H40N2O2/c33-27-9-23(31-11-17-1-18(12-31)3-19(2-17)13-31)7-25(29(27)35)26-8-24(10-28(34)30(26)36)32-14-20-4-21(15-32)6-22(5-20)16-32/h7-10,17-22,35-36H,1-6,11-16,33-34H2. The molecule has 2 aromatic rings. The maximum Gasteiger partial charge on any atom is 0.146 e. The molecule has 2 aromatic carbocycles. The summed E-state index contributed by atoms with van der Waals surface area (Å²) in [6.07, 6.45) is 15.8. The monoisotopic (exact) mass is 484 g/mol. The molecule has 8 aliphatic carbocycles. The minimum atomic E-state index is 0.0841. The third-order valence-electron chi connectivity index (χ3n) is 11.9. The van der Waals surface area contributed by atoms with Crippen molar-refractivity contribution in [2.45, 2.75) is 87.9 Å². The number of nitrogens with two attached hydrogens (primary N) is 2. The number of phenolic OH excluding ortho intramolecular Hbond substituents is 2. The summed E-state index contributed by atoms with van der Waals surface area (Å²) in [6, 6.07) is 8.40. The second-order valence-electron chi connectivity index (χ2n) is 14.3. The van der Waals surface area contributed by atoms with Crippen molar-refractivity contribution in [1.82, 2.24) is 0 Å². The lowest BCUT2D eigenvalue weighted by atomic mass is 9.48. The molecule has 6 N–H and O–H groups in total. The lowest BCUT2D eigenvalue weighted by Crippen LogP contribution is -2.48. The number of aromatic hydroxyl groups is 2. The normalized spacial score (nSPS) is 41.8. The smallest absolute Gasteiger partial charge is 0.146 e. The molecule has 190 valence electrons. The zero-order chi connectivity index (χ0) is 24.4. The quantitative estimate of drug-likeness (QED) is 0.283. The van der Waals surface area contributed by atoms with E-state index >= 15 is 0 Å². The summed E-state index contributed by atoms with van der Waals surface area (Å²) in [5.41, 5.74) is 18.0. The van der Waals surface area contributed by atoms with Crippen LogP contribution >= 0.6 is 0 Å². The van der Waals surface area contributed by atoms with Crippen molar-refractivity contribution >= 4 is 11.4 Å². The molecule has 8 fully saturated rings. The number of anilines is 2. The van der Waals surface area contributed by atoms with Gasteiger partial charge < -0.3 is 21.7 Å². The van der Waals surface area contributed by atoms with Crippen molar-refractivity contribution in [2.75, 3.05) is 11.5 Å². The molecule has 0 unspecified atom stereocenters. The number of hydrogen-bond acceptors (Lipinski definition) is 4. The molecule has 0 heterocycles. The van der Waals surface area contributed by atoms with Crippen LogP contribution in [0.5, 0.6) is 11.5 Å². The fourth-order valence-electron chi connectivity index (χ4n) is 11.3. The van der Waals surface area contributed by atoms with Crippen LogP contribution in [0.2, 0.25) is 0 Å². The Morgan fingerprint density at radius 3 is 1.06 bits per heavy atom. The maximum absolute atomic E-state index is 11.2. The highest BCUT2D eigenvalue weighted by Crippen LogP contribution is 2.63. The summed E-state index contributed by atoms with van der Waals surface area (Å²) in [6.45, 7) is 0. The summed E-state index contributed by atoms with van der Waals surface area (Å²) < 4.78 is 0. The number of benzene rings is 2. The van der Waals surface area contributed by atoms with Crippen molar-refractivity contribution in [3.8, 4) is 22.6 Å². The van der Waals surface area contributed by atoms with Crippen molar-refractivity contribution in [2.24, 2.45) is 35.5 Å². The number of phenols is 2. The molecule has 8 aliphatic rings. The zero-order valence-corrected chi connectivity index (χ0v) is 21.3. The fraction of sp³-hybridized carbons (Fsp3) is 0.625. The molecule has 36 heavy (non-hydrogen) atoms. The molecule has 4 nitrogen and oxygen atoms in total. The van der Waals surface area contributed by atoms with Gasteiger partial charge in [0.25, 0.3) is 0 Å². The maximum atomic E-state index is 11.2. The number of rotatable bonds is 3. The Kier molecular flexibility index (Phi) is 4.30. The highest BCUT2D eigenvalue weighted by Gasteiger charge is 2.53. The van der Waals surface area contributed by atoms with Crippen LogP contribution in [0.3, 0.4) is 0 Å². The molecule has 8 bridgehead atoms. The highest BCUT2D eigenvalue weighted by atomic mass is 16.3. The zero-order valence-electron chi connectivity index (χ0n) is 21.3. The lowest BCUT2D eigenvalue weighted by Gasteiger charge is -2.57. The number of hydrogen-bond donors (Lipinski definition) is 4. The van der Waals surface area contributed by atoms with E-state index in [0.717, 1.165) is 35.5 Å². The van der Waals surface area contributed by atoms with Gasteiger partial charge in [-0.25, -0.2) is 0 Å². The second kappa shape index (κ2) is 7.14. The van der Waals surface area contributed by atoms with E-state index < -0.39 is 0 Å². The summed E-state index contributed by atoms with van der Waals surface area (Å²) >= 11 is 0. The van der Waals surface area contributed by atoms with Gasteiger partial charge in [-0.3, -0.25) is 0 Å². The minimum Gasteiger partial charge on any atom is -0.505 e. The average Bonchev–Trinajstić information content (AvgIpc) is 2.81. The Morgan fingerprint density at radius 1 is 0.500 bits per heavy atom. The van der Waals surface area contributed by atoms with E-state index in [2.05, 4.69) is 12.1 Å². The molecule has 0 aliphatic heterocycles. The van der Waals surface area contributed by atoms with E-state index in [-0.39, 0.29) is 22.3 Å². The molecule has 0 atom stereocenters. The summed E-state index contributed by atoms with van der Waals surface area (Å²) in [7, 11) is 0. The van der Waals surface area contributed by atoms with Crippen molar-refractivity contribution < 1.29 is 10.2 Å². The summed E-state index contributed by atoms with van der Waals surface area (Å²) in [5, 5.41) is 22.4. The van der Waals surface area contributed by atoms with Crippen molar-refractivity contribution in [1.29, 1.82) is 0 Å². The van der Waals surface area contributed by atoms with Gasteiger partial charge in [-0.1, -0.05) is 0 Å². The van der Waals surface area contributed by atoms with Gasteiger partial charge in [0.1, 0.15) is 11.5 Å². The fourth-order valence-corrected chi connectivity index (χ4v) is 11.3. The molecule has 4 heteroatoms. The lowest BCUT2D eigenvalue weighted by molar-refractivity contribution is -0.00534. The van der Waals surface area contributed by atoms with E-state index in [0.29, 0.717) is 22.5 Å². The Morgan fingerprint density at radius 2 is 0.778 bits per heavy atom. The van der Waals surface area contributed by atoms with Crippen molar-refractivity contribution in [3.63, 3.8) is 0 Å². The molecule has 10 rings (SSSR count). The van der Waals surface area contributed by atoms with Gasteiger partial charge in [0, 0.05) is 11.1 Å². The van der Waals surface area contributed by atoms with Crippen molar-refractivity contribution in [3.05, 3.63) is 35.4 Å². The summed E-state index contributed by atoms with van der Waals surface area (Å²) in [4.78, 5) is 0. The van der Waals surface area contributed by atoms with Crippen LogP contribution in [0.25, 0.3) is 11.1 Å². The van der Waals surface area contributed by atoms with Crippen LogP contribution < -0.4 is 11.5 Å². The predicted octanol–water partition coefficient (Wildman–Crippen LogP) is 6.86. The van der Waals surface area contributed by atoms with Crippen LogP contribution in [0, 0.1) is 35.5 Å². The summed E-state index contributed by atoms with van der Waals surface area (Å²) in [5.74, 6) is 5.16. The van der Waals surface area contributed by atoms with Gasteiger partial charge in [-0.05, 0) is 159 Å². The van der Waals surface area contributed by atoms with Gasteiger partial charge in [-0.15, -0.1) is 0 Å². The first kappa shape index (κ1) is 21.7. The van der Waals surface area contributed by atoms with Gasteiger partial charge in [0.05, 0.1) is 11.4 Å². The van der Waals surface area contributed by atoms with Gasteiger partial charge in [0.2, 0.25) is 0 Å².